The molecule has 0 saturated carbocycles. The molecule has 1 aliphatic heterocycles. The maximum atomic E-state index is 12.8. The van der Waals surface area contributed by atoms with Gasteiger partial charge in [0.05, 0.1) is 9.75 Å². The first-order valence-corrected chi connectivity index (χ1v) is 8.71. The average molecular weight is 343 g/mol. The lowest BCUT2D eigenvalue weighted by Crippen LogP contribution is -2.39. The Labute approximate surface area is 142 Å². The third-order valence-corrected chi connectivity index (χ3v) is 5.32. The number of rotatable bonds is 3. The fourth-order valence-electron chi connectivity index (χ4n) is 3.02. The van der Waals surface area contributed by atoms with Crippen molar-refractivity contribution in [1.82, 2.24) is 25.5 Å². The predicted molar refractivity (Wildman–Crippen MR) is 88.8 cm³/mol. The number of hydrogen-bond acceptors (Lipinski definition) is 6. The number of aromatic nitrogens is 4. The number of furan rings is 1. The molecule has 1 atom stereocenters. The van der Waals surface area contributed by atoms with E-state index in [2.05, 4.69) is 20.6 Å². The highest BCUT2D eigenvalue weighted by Gasteiger charge is 2.28. The molecule has 0 spiro atoms. The molecule has 0 bridgehead atoms. The van der Waals surface area contributed by atoms with Crippen LogP contribution in [0.4, 0.5) is 0 Å². The zero-order chi connectivity index (χ0) is 16.5. The number of tetrazole rings is 1. The molecule has 0 aliphatic carbocycles. The number of hydrogen-bond donors (Lipinski definition) is 1. The van der Waals surface area contributed by atoms with Crippen molar-refractivity contribution >= 4 is 17.2 Å². The van der Waals surface area contributed by atoms with Crippen molar-refractivity contribution in [3.8, 4) is 10.6 Å². The van der Waals surface area contributed by atoms with Gasteiger partial charge in [0.1, 0.15) is 11.5 Å². The molecule has 4 rings (SSSR count). The highest BCUT2D eigenvalue weighted by atomic mass is 32.1. The summed E-state index contributed by atoms with van der Waals surface area (Å²) in [5, 5.41) is 14.2. The van der Waals surface area contributed by atoms with Gasteiger partial charge < -0.3 is 9.32 Å². The first-order chi connectivity index (χ1) is 11.7. The van der Waals surface area contributed by atoms with Crippen LogP contribution >= 0.6 is 11.3 Å². The lowest BCUT2D eigenvalue weighted by molar-refractivity contribution is 0.0709. The van der Waals surface area contributed by atoms with Crippen molar-refractivity contribution in [3.63, 3.8) is 0 Å². The van der Waals surface area contributed by atoms with Gasteiger partial charge in [-0.15, -0.1) is 21.5 Å². The summed E-state index contributed by atoms with van der Waals surface area (Å²) < 4.78 is 5.63. The summed E-state index contributed by atoms with van der Waals surface area (Å²) in [6, 6.07) is 7.67. The second kappa shape index (κ2) is 6.20. The van der Waals surface area contributed by atoms with E-state index >= 15 is 0 Å². The highest BCUT2D eigenvalue weighted by Crippen LogP contribution is 2.31. The Morgan fingerprint density at radius 1 is 1.38 bits per heavy atom. The van der Waals surface area contributed by atoms with Crippen molar-refractivity contribution in [3.05, 3.63) is 40.7 Å². The van der Waals surface area contributed by atoms with E-state index in [0.29, 0.717) is 12.4 Å². The molecule has 3 aromatic heterocycles. The minimum atomic E-state index is 0.0581. The number of piperidine rings is 1. The van der Waals surface area contributed by atoms with Gasteiger partial charge in [0, 0.05) is 19.0 Å². The summed E-state index contributed by atoms with van der Waals surface area (Å²) in [6.45, 7) is 3.31. The van der Waals surface area contributed by atoms with Crippen molar-refractivity contribution < 1.29 is 9.21 Å². The zero-order valence-electron chi connectivity index (χ0n) is 13.2. The van der Waals surface area contributed by atoms with Crippen LogP contribution in [0.5, 0.6) is 0 Å². The molecule has 0 aromatic carbocycles. The van der Waals surface area contributed by atoms with Crippen LogP contribution in [-0.2, 0) is 0 Å². The van der Waals surface area contributed by atoms with E-state index in [9.17, 15) is 4.79 Å². The summed E-state index contributed by atoms with van der Waals surface area (Å²) >= 11 is 1.47. The van der Waals surface area contributed by atoms with Crippen molar-refractivity contribution in [2.24, 2.45) is 0 Å². The van der Waals surface area contributed by atoms with Crippen LogP contribution in [0.15, 0.2) is 28.7 Å². The Morgan fingerprint density at radius 2 is 2.29 bits per heavy atom. The van der Waals surface area contributed by atoms with Gasteiger partial charge in [-0.05, 0) is 44.0 Å². The van der Waals surface area contributed by atoms with Gasteiger partial charge in [-0.3, -0.25) is 4.79 Å². The number of aromatic amines is 1. The number of aryl methyl sites for hydroxylation is 1. The quantitative estimate of drug-likeness (QED) is 0.790. The SMILES string of the molecule is Cc1ccc(-c2ccc(C(=O)N3CCC[C@@H](c4nn[nH]n4)C3)s2)o1. The molecule has 4 heterocycles. The number of nitrogens with one attached hydrogen (secondary N) is 1. The van der Waals surface area contributed by atoms with Crippen LogP contribution in [0, 0.1) is 6.92 Å². The van der Waals surface area contributed by atoms with Crippen molar-refractivity contribution in [1.29, 1.82) is 0 Å². The molecule has 3 aromatic rings. The van der Waals surface area contributed by atoms with Gasteiger partial charge in [-0.2, -0.15) is 5.21 Å². The number of likely N-dealkylation sites (tertiary alicyclic amines) is 1. The van der Waals surface area contributed by atoms with Gasteiger partial charge >= 0.3 is 0 Å². The maximum Gasteiger partial charge on any atom is 0.263 e. The zero-order valence-corrected chi connectivity index (χ0v) is 14.0. The summed E-state index contributed by atoms with van der Waals surface area (Å²) in [6.07, 6.45) is 1.92. The third-order valence-electron chi connectivity index (χ3n) is 4.24. The van der Waals surface area contributed by atoms with Gasteiger partial charge in [-0.1, -0.05) is 5.21 Å². The van der Waals surface area contributed by atoms with Gasteiger partial charge in [-0.25, -0.2) is 0 Å². The third kappa shape index (κ3) is 2.84. The van der Waals surface area contributed by atoms with Crippen LogP contribution in [0.1, 0.15) is 40.0 Å². The molecule has 7 nitrogen and oxygen atoms in total. The van der Waals surface area contributed by atoms with Crippen LogP contribution < -0.4 is 0 Å². The van der Waals surface area contributed by atoms with Crippen LogP contribution in [0.3, 0.4) is 0 Å². The van der Waals surface area contributed by atoms with E-state index in [-0.39, 0.29) is 11.8 Å². The smallest absolute Gasteiger partial charge is 0.263 e. The van der Waals surface area contributed by atoms with Crippen molar-refractivity contribution in [2.75, 3.05) is 13.1 Å². The lowest BCUT2D eigenvalue weighted by atomic mass is 9.97. The number of carbonyl (C=O) groups is 1. The molecule has 24 heavy (non-hydrogen) atoms. The van der Waals surface area contributed by atoms with E-state index < -0.39 is 0 Å². The Hall–Kier alpha value is -2.48. The lowest BCUT2D eigenvalue weighted by Gasteiger charge is -2.30. The number of H-pyrrole nitrogens is 1. The normalized spacial score (nSPS) is 18.0. The molecule has 124 valence electrons. The van der Waals surface area contributed by atoms with E-state index in [0.717, 1.165) is 40.7 Å². The number of thiophene rings is 1. The summed E-state index contributed by atoms with van der Waals surface area (Å²) in [5.74, 6) is 2.56. The fraction of sp³-hybridized carbons (Fsp3) is 0.375. The topological polar surface area (TPSA) is 87.9 Å². The average Bonchev–Trinajstić information content (AvgIpc) is 3.35. The standard InChI is InChI=1S/C16H17N5O2S/c1-10-4-5-12(23-10)13-6-7-14(24-13)16(22)21-8-2-3-11(9-21)15-17-19-20-18-15/h4-7,11H,2-3,8-9H2,1H3,(H,17,18,19,20)/t11-/m1/s1. The van der Waals surface area contributed by atoms with E-state index in [1.807, 2.05) is 36.1 Å². The minimum absolute atomic E-state index is 0.0581. The maximum absolute atomic E-state index is 12.8. The summed E-state index contributed by atoms with van der Waals surface area (Å²) in [4.78, 5) is 16.4. The molecule has 1 aliphatic rings. The van der Waals surface area contributed by atoms with Crippen LogP contribution in [0.25, 0.3) is 10.6 Å². The van der Waals surface area contributed by atoms with Crippen LogP contribution in [0.2, 0.25) is 0 Å². The van der Waals surface area contributed by atoms with Crippen molar-refractivity contribution in [2.45, 2.75) is 25.7 Å². The number of amides is 1. The van der Waals surface area contributed by atoms with Gasteiger partial charge in [0.2, 0.25) is 0 Å². The van der Waals surface area contributed by atoms with E-state index in [1.165, 1.54) is 11.3 Å². The fourth-order valence-corrected chi connectivity index (χ4v) is 3.96. The van der Waals surface area contributed by atoms with Crippen LogP contribution in [-0.4, -0.2) is 44.5 Å². The Bertz CT molecular complexity index is 838. The monoisotopic (exact) mass is 343 g/mol. The molecular formula is C16H17N5O2S. The van der Waals surface area contributed by atoms with Gasteiger partial charge in [0.25, 0.3) is 5.91 Å². The highest BCUT2D eigenvalue weighted by molar-refractivity contribution is 7.17. The molecule has 0 unspecified atom stereocenters. The second-order valence-electron chi connectivity index (χ2n) is 5.93. The Kier molecular flexibility index (Phi) is 3.89. The summed E-state index contributed by atoms with van der Waals surface area (Å²) in [7, 11) is 0. The predicted octanol–water partition coefficient (Wildman–Crippen LogP) is 2.85. The molecule has 0 radical (unpaired) electrons. The van der Waals surface area contributed by atoms with E-state index in [1.54, 1.807) is 0 Å². The molecule has 8 heteroatoms. The van der Waals surface area contributed by atoms with Gasteiger partial charge in [0.15, 0.2) is 5.82 Å². The largest absolute Gasteiger partial charge is 0.461 e. The second-order valence-corrected chi connectivity index (χ2v) is 7.02. The number of carbonyl (C=O) groups excluding carboxylic acids is 1. The summed E-state index contributed by atoms with van der Waals surface area (Å²) in [5.41, 5.74) is 0. The minimum Gasteiger partial charge on any atom is -0.461 e. The first kappa shape index (κ1) is 15.1. The molecular weight excluding hydrogens is 326 g/mol. The molecule has 1 fully saturated rings. The molecule has 1 amide bonds. The molecule has 1 N–H and O–H groups in total. The number of nitrogens with zero attached hydrogens (tertiary/aromatic N) is 4. The Balaban J connectivity index is 1.50. The van der Waals surface area contributed by atoms with E-state index in [4.69, 9.17) is 4.42 Å². The Morgan fingerprint density at radius 3 is 3.04 bits per heavy atom. The first-order valence-electron chi connectivity index (χ1n) is 7.90. The molecule has 1 saturated heterocycles.